The summed E-state index contributed by atoms with van der Waals surface area (Å²) in [6.45, 7) is 5.90. The number of ether oxygens (including phenoxy) is 1. The molecular formula is C16H30IN5O2S. The van der Waals surface area contributed by atoms with Crippen molar-refractivity contribution in [3.05, 3.63) is 16.1 Å². The average molecular weight is 483 g/mol. The first-order valence-corrected chi connectivity index (χ1v) is 8.93. The largest absolute Gasteiger partial charge is 0.375 e. The Morgan fingerprint density at radius 1 is 1.44 bits per heavy atom. The van der Waals surface area contributed by atoms with Gasteiger partial charge in [0.2, 0.25) is 5.91 Å². The van der Waals surface area contributed by atoms with Crippen LogP contribution < -0.4 is 5.32 Å². The van der Waals surface area contributed by atoms with Gasteiger partial charge in [-0.05, 0) is 13.8 Å². The predicted molar refractivity (Wildman–Crippen MR) is 114 cm³/mol. The van der Waals surface area contributed by atoms with E-state index in [1.54, 1.807) is 37.4 Å². The molecule has 1 rings (SSSR count). The second-order valence-electron chi connectivity index (χ2n) is 5.68. The Labute approximate surface area is 171 Å². The Hall–Kier alpha value is -0.940. The number of nitrogens with zero attached hydrogens (tertiary/aromatic N) is 4. The first-order chi connectivity index (χ1) is 11.4. The third-order valence-corrected chi connectivity index (χ3v) is 4.51. The van der Waals surface area contributed by atoms with E-state index in [0.29, 0.717) is 19.5 Å². The molecule has 1 unspecified atom stereocenters. The predicted octanol–water partition coefficient (Wildman–Crippen LogP) is 2.34. The number of guanidine groups is 1. The minimum absolute atomic E-state index is 0. The molecular weight excluding hydrogens is 453 g/mol. The van der Waals surface area contributed by atoms with E-state index in [1.807, 2.05) is 31.2 Å². The molecule has 9 heteroatoms. The zero-order valence-electron chi connectivity index (χ0n) is 15.9. The molecule has 0 aromatic carbocycles. The zero-order chi connectivity index (χ0) is 18.1. The molecule has 0 saturated heterocycles. The zero-order valence-corrected chi connectivity index (χ0v) is 19.1. The fraction of sp³-hybridized carbons (Fsp3) is 0.688. The van der Waals surface area contributed by atoms with E-state index in [9.17, 15) is 4.79 Å². The highest BCUT2D eigenvalue weighted by molar-refractivity contribution is 14.0. The van der Waals surface area contributed by atoms with Crippen LogP contribution in [0.2, 0.25) is 0 Å². The van der Waals surface area contributed by atoms with Crippen molar-refractivity contribution in [3.8, 4) is 0 Å². The smallest absolute Gasteiger partial charge is 0.223 e. The van der Waals surface area contributed by atoms with Crippen molar-refractivity contribution >= 4 is 47.2 Å². The van der Waals surface area contributed by atoms with Crippen LogP contribution in [0.25, 0.3) is 0 Å². The average Bonchev–Trinajstić information content (AvgIpc) is 3.01. The summed E-state index contributed by atoms with van der Waals surface area (Å²) < 4.78 is 5.30. The number of amides is 1. The lowest BCUT2D eigenvalue weighted by atomic mass is 10.4. The van der Waals surface area contributed by atoms with Crippen LogP contribution in [0.3, 0.4) is 0 Å². The Morgan fingerprint density at radius 2 is 2.12 bits per heavy atom. The monoisotopic (exact) mass is 483 g/mol. The molecule has 0 aliphatic carbocycles. The van der Waals surface area contributed by atoms with E-state index in [-0.39, 0.29) is 36.0 Å². The molecule has 0 spiro atoms. The second kappa shape index (κ2) is 12.4. The van der Waals surface area contributed by atoms with Gasteiger partial charge in [-0.1, -0.05) is 0 Å². The minimum Gasteiger partial charge on any atom is -0.375 e. The molecule has 0 aliphatic heterocycles. The van der Waals surface area contributed by atoms with Gasteiger partial charge >= 0.3 is 0 Å². The molecule has 0 radical (unpaired) electrons. The molecule has 0 bridgehead atoms. The molecule has 1 heterocycles. The maximum Gasteiger partial charge on any atom is 0.223 e. The van der Waals surface area contributed by atoms with Crippen LogP contribution >= 0.6 is 35.3 Å². The molecule has 144 valence electrons. The molecule has 25 heavy (non-hydrogen) atoms. The third-order valence-electron chi connectivity index (χ3n) is 3.45. The van der Waals surface area contributed by atoms with Crippen LogP contribution in [0.5, 0.6) is 0 Å². The molecule has 0 saturated carbocycles. The van der Waals surface area contributed by atoms with Gasteiger partial charge in [-0.15, -0.1) is 35.3 Å². The molecule has 0 fully saturated rings. The van der Waals surface area contributed by atoms with Gasteiger partial charge in [-0.25, -0.2) is 4.98 Å². The Balaban J connectivity index is 0.00000576. The standard InChI is InChI=1S/C16H29N5O2S.HI/c1-7-17-16(18-9-8-14(22)20(3)4)21(5)10-13-11-24-15(19-13)12(2)23-6;/h11-12H,7-10H2,1-6H3,(H,17,18);1H. The number of hydrogen-bond donors (Lipinski definition) is 1. The number of aliphatic imine (C=N–C) groups is 1. The van der Waals surface area contributed by atoms with Crippen LogP contribution in [0.1, 0.15) is 37.1 Å². The van der Waals surface area contributed by atoms with Crippen molar-refractivity contribution in [2.24, 2.45) is 4.99 Å². The number of halogens is 1. The van der Waals surface area contributed by atoms with E-state index in [0.717, 1.165) is 23.2 Å². The minimum atomic E-state index is 0. The lowest BCUT2D eigenvalue weighted by molar-refractivity contribution is -0.128. The highest BCUT2D eigenvalue weighted by Crippen LogP contribution is 2.20. The highest BCUT2D eigenvalue weighted by atomic mass is 127. The quantitative estimate of drug-likeness (QED) is 0.349. The number of hydrogen-bond acceptors (Lipinski definition) is 5. The van der Waals surface area contributed by atoms with Crippen LogP contribution in [0.15, 0.2) is 10.4 Å². The SMILES string of the molecule is CCNC(=NCCC(=O)N(C)C)N(C)Cc1csc(C(C)OC)n1.I. The van der Waals surface area contributed by atoms with Crippen LogP contribution in [0, 0.1) is 0 Å². The third kappa shape index (κ3) is 8.32. The Kier molecular flexibility index (Phi) is 12.0. The lowest BCUT2D eigenvalue weighted by Crippen LogP contribution is -2.38. The van der Waals surface area contributed by atoms with Gasteiger partial charge in [0.1, 0.15) is 11.1 Å². The van der Waals surface area contributed by atoms with Gasteiger partial charge in [0.05, 0.1) is 18.8 Å². The van der Waals surface area contributed by atoms with Gasteiger partial charge in [0, 0.05) is 46.6 Å². The van der Waals surface area contributed by atoms with Gasteiger partial charge < -0.3 is 19.9 Å². The van der Waals surface area contributed by atoms with Crippen molar-refractivity contribution in [2.75, 3.05) is 41.3 Å². The number of carbonyl (C=O) groups excluding carboxylic acids is 1. The van der Waals surface area contributed by atoms with Crippen LogP contribution in [-0.2, 0) is 16.1 Å². The summed E-state index contributed by atoms with van der Waals surface area (Å²) in [4.78, 5) is 24.4. The number of aromatic nitrogens is 1. The Bertz CT molecular complexity index is 550. The lowest BCUT2D eigenvalue weighted by Gasteiger charge is -2.21. The van der Waals surface area contributed by atoms with Crippen LogP contribution in [0.4, 0.5) is 0 Å². The molecule has 1 aromatic rings. The van der Waals surface area contributed by atoms with Gasteiger partial charge in [-0.3, -0.25) is 9.79 Å². The second-order valence-corrected chi connectivity index (χ2v) is 6.57. The van der Waals surface area contributed by atoms with E-state index < -0.39 is 0 Å². The van der Waals surface area contributed by atoms with Gasteiger partial charge in [0.25, 0.3) is 0 Å². The summed E-state index contributed by atoms with van der Waals surface area (Å²) in [5.74, 6) is 0.855. The van der Waals surface area contributed by atoms with E-state index in [2.05, 4.69) is 15.3 Å². The summed E-state index contributed by atoms with van der Waals surface area (Å²) in [7, 11) is 7.16. The number of methoxy groups -OCH3 is 1. The summed E-state index contributed by atoms with van der Waals surface area (Å²) in [5, 5.41) is 6.26. The molecule has 1 N–H and O–H groups in total. The maximum absolute atomic E-state index is 11.6. The van der Waals surface area contributed by atoms with Gasteiger partial charge in [-0.2, -0.15) is 0 Å². The van der Waals surface area contributed by atoms with Gasteiger partial charge in [0.15, 0.2) is 5.96 Å². The van der Waals surface area contributed by atoms with Crippen molar-refractivity contribution in [2.45, 2.75) is 32.9 Å². The fourth-order valence-corrected chi connectivity index (χ4v) is 2.79. The highest BCUT2D eigenvalue weighted by Gasteiger charge is 2.13. The first kappa shape index (κ1) is 24.1. The molecule has 0 aliphatic rings. The van der Waals surface area contributed by atoms with Crippen molar-refractivity contribution in [1.29, 1.82) is 0 Å². The van der Waals surface area contributed by atoms with E-state index >= 15 is 0 Å². The molecule has 7 nitrogen and oxygen atoms in total. The molecule has 1 atom stereocenters. The summed E-state index contributed by atoms with van der Waals surface area (Å²) in [5.41, 5.74) is 0.983. The molecule has 1 amide bonds. The van der Waals surface area contributed by atoms with Crippen molar-refractivity contribution in [1.82, 2.24) is 20.1 Å². The first-order valence-electron chi connectivity index (χ1n) is 8.05. The van der Waals surface area contributed by atoms with E-state index in [4.69, 9.17) is 4.74 Å². The number of carbonyl (C=O) groups is 1. The van der Waals surface area contributed by atoms with Crippen molar-refractivity contribution < 1.29 is 9.53 Å². The van der Waals surface area contributed by atoms with E-state index in [1.165, 1.54) is 0 Å². The number of thiazole rings is 1. The normalized spacial score (nSPS) is 12.3. The van der Waals surface area contributed by atoms with Crippen molar-refractivity contribution in [3.63, 3.8) is 0 Å². The molecule has 1 aromatic heterocycles. The summed E-state index contributed by atoms with van der Waals surface area (Å²) in [6.07, 6.45) is 0.412. The van der Waals surface area contributed by atoms with Crippen LogP contribution in [-0.4, -0.2) is 68.0 Å². The number of rotatable bonds is 8. The topological polar surface area (TPSA) is 70.1 Å². The maximum atomic E-state index is 11.6. The fourth-order valence-electron chi connectivity index (χ4n) is 1.95. The summed E-state index contributed by atoms with van der Waals surface area (Å²) >= 11 is 1.60. The summed E-state index contributed by atoms with van der Waals surface area (Å²) in [6, 6.07) is 0. The number of nitrogens with one attached hydrogen (secondary N) is 1. The Morgan fingerprint density at radius 3 is 2.68 bits per heavy atom.